The van der Waals surface area contributed by atoms with Gasteiger partial charge in [-0.1, -0.05) is 12.1 Å². The van der Waals surface area contributed by atoms with Crippen molar-refractivity contribution in [3.05, 3.63) is 40.4 Å². The Bertz CT molecular complexity index is 533. The molecule has 3 nitrogen and oxygen atoms in total. The smallest absolute Gasteiger partial charge is 0.187 e. The molecule has 1 aromatic carbocycles. The van der Waals surface area contributed by atoms with Gasteiger partial charge in [-0.05, 0) is 37.1 Å². The second kappa shape index (κ2) is 4.47. The number of nitrogens with zero attached hydrogens (tertiary/aromatic N) is 1. The summed E-state index contributed by atoms with van der Waals surface area (Å²) in [6, 6.07) is 6.44. The number of fused-ring (bicyclic) bond motifs is 1. The molecule has 0 atom stereocenters. The van der Waals surface area contributed by atoms with Crippen LogP contribution in [-0.2, 0) is 13.0 Å². The van der Waals surface area contributed by atoms with E-state index in [0.717, 1.165) is 30.3 Å². The fraction of sp³-hybridized carbons (Fsp3) is 0.308. The number of rotatable bonds is 2. The van der Waals surface area contributed by atoms with Gasteiger partial charge in [0.05, 0.1) is 5.69 Å². The number of aromatic nitrogens is 1. The van der Waals surface area contributed by atoms with Gasteiger partial charge in [-0.3, -0.25) is 0 Å². The Morgan fingerprint density at radius 1 is 1.41 bits per heavy atom. The largest absolute Gasteiger partial charge is 0.331 e. The molecule has 0 spiro atoms. The summed E-state index contributed by atoms with van der Waals surface area (Å²) in [5.74, 6) is 0. The van der Waals surface area contributed by atoms with Crippen LogP contribution >= 0.6 is 11.3 Å². The molecule has 0 saturated carbocycles. The molecule has 0 unspecified atom stereocenters. The lowest BCUT2D eigenvalue weighted by molar-refractivity contribution is 0.645. The summed E-state index contributed by atoms with van der Waals surface area (Å²) >= 11 is 1.66. The Balaban J connectivity index is 1.92. The van der Waals surface area contributed by atoms with Gasteiger partial charge in [-0.25, -0.2) is 4.98 Å². The molecule has 0 amide bonds. The molecule has 17 heavy (non-hydrogen) atoms. The first-order valence-electron chi connectivity index (χ1n) is 5.83. The van der Waals surface area contributed by atoms with E-state index in [1.54, 1.807) is 11.3 Å². The predicted molar refractivity (Wildman–Crippen MR) is 72.0 cm³/mol. The standard InChI is InChI=1S/C13H15N3S/c1-9-8-17-13(15-9)16-12-4-2-3-10-7-14-6-5-11(10)12/h2-4,8,14H,5-7H2,1H3,(H,15,16). The molecule has 0 fully saturated rings. The summed E-state index contributed by atoms with van der Waals surface area (Å²) in [6.07, 6.45) is 1.09. The lowest BCUT2D eigenvalue weighted by Crippen LogP contribution is -2.24. The molecule has 0 saturated heterocycles. The molecule has 1 aliphatic heterocycles. The van der Waals surface area contributed by atoms with Crippen molar-refractivity contribution in [1.29, 1.82) is 0 Å². The van der Waals surface area contributed by atoms with E-state index < -0.39 is 0 Å². The first-order chi connectivity index (χ1) is 8.33. The molecule has 0 radical (unpaired) electrons. The van der Waals surface area contributed by atoms with Crippen molar-refractivity contribution in [2.75, 3.05) is 11.9 Å². The molecule has 2 heterocycles. The van der Waals surface area contributed by atoms with Crippen molar-refractivity contribution in [2.24, 2.45) is 0 Å². The van der Waals surface area contributed by atoms with E-state index in [1.807, 2.05) is 6.92 Å². The van der Waals surface area contributed by atoms with E-state index >= 15 is 0 Å². The molecular weight excluding hydrogens is 230 g/mol. The molecule has 4 heteroatoms. The molecule has 2 N–H and O–H groups in total. The van der Waals surface area contributed by atoms with Gasteiger partial charge in [0, 0.05) is 17.6 Å². The van der Waals surface area contributed by atoms with Gasteiger partial charge in [0.1, 0.15) is 0 Å². The maximum absolute atomic E-state index is 4.45. The zero-order valence-electron chi connectivity index (χ0n) is 9.79. The van der Waals surface area contributed by atoms with Crippen LogP contribution in [0, 0.1) is 6.92 Å². The third kappa shape index (κ3) is 2.18. The highest BCUT2D eigenvalue weighted by atomic mass is 32.1. The monoisotopic (exact) mass is 245 g/mol. The lowest BCUT2D eigenvalue weighted by Gasteiger charge is -2.20. The third-order valence-corrected chi connectivity index (χ3v) is 3.88. The van der Waals surface area contributed by atoms with E-state index in [0.29, 0.717) is 0 Å². The molecule has 88 valence electrons. The zero-order chi connectivity index (χ0) is 11.7. The summed E-state index contributed by atoms with van der Waals surface area (Å²) in [4.78, 5) is 4.45. The van der Waals surface area contributed by atoms with Crippen LogP contribution in [-0.4, -0.2) is 11.5 Å². The van der Waals surface area contributed by atoms with Crippen LogP contribution in [0.15, 0.2) is 23.6 Å². The Hall–Kier alpha value is -1.39. The van der Waals surface area contributed by atoms with Gasteiger partial charge in [-0.15, -0.1) is 11.3 Å². The zero-order valence-corrected chi connectivity index (χ0v) is 10.6. The van der Waals surface area contributed by atoms with Crippen molar-refractivity contribution < 1.29 is 0 Å². The van der Waals surface area contributed by atoms with Crippen molar-refractivity contribution >= 4 is 22.2 Å². The number of nitrogens with one attached hydrogen (secondary N) is 2. The van der Waals surface area contributed by atoms with Gasteiger partial charge >= 0.3 is 0 Å². The number of hydrogen-bond acceptors (Lipinski definition) is 4. The van der Waals surface area contributed by atoms with E-state index in [2.05, 4.69) is 39.2 Å². The molecule has 1 aliphatic rings. The fourth-order valence-corrected chi connectivity index (χ4v) is 2.88. The molecule has 1 aromatic heterocycles. The van der Waals surface area contributed by atoms with E-state index in [9.17, 15) is 0 Å². The maximum Gasteiger partial charge on any atom is 0.187 e. The normalized spacial score (nSPS) is 14.4. The van der Waals surface area contributed by atoms with Gasteiger partial charge in [-0.2, -0.15) is 0 Å². The number of anilines is 2. The minimum Gasteiger partial charge on any atom is -0.331 e. The van der Waals surface area contributed by atoms with Crippen molar-refractivity contribution in [3.63, 3.8) is 0 Å². The van der Waals surface area contributed by atoms with Crippen LogP contribution in [0.1, 0.15) is 16.8 Å². The second-order valence-electron chi connectivity index (χ2n) is 4.29. The minimum atomic E-state index is 0.974. The van der Waals surface area contributed by atoms with Crippen molar-refractivity contribution in [1.82, 2.24) is 10.3 Å². The van der Waals surface area contributed by atoms with Crippen LogP contribution in [0.5, 0.6) is 0 Å². The summed E-state index contributed by atoms with van der Waals surface area (Å²) in [7, 11) is 0. The van der Waals surface area contributed by atoms with Crippen LogP contribution < -0.4 is 10.6 Å². The predicted octanol–water partition coefficient (Wildman–Crippen LogP) is 2.84. The van der Waals surface area contributed by atoms with Gasteiger partial charge in [0.2, 0.25) is 0 Å². The van der Waals surface area contributed by atoms with E-state index in [-0.39, 0.29) is 0 Å². The van der Waals surface area contributed by atoms with Crippen LogP contribution in [0.4, 0.5) is 10.8 Å². The van der Waals surface area contributed by atoms with E-state index in [4.69, 9.17) is 0 Å². The first kappa shape index (κ1) is 10.7. The van der Waals surface area contributed by atoms with Crippen LogP contribution in [0.3, 0.4) is 0 Å². The third-order valence-electron chi connectivity index (χ3n) is 3.00. The van der Waals surface area contributed by atoms with Crippen LogP contribution in [0.25, 0.3) is 0 Å². The summed E-state index contributed by atoms with van der Waals surface area (Å²) < 4.78 is 0. The lowest BCUT2D eigenvalue weighted by atomic mass is 9.99. The van der Waals surface area contributed by atoms with Gasteiger partial charge in [0.25, 0.3) is 0 Å². The Morgan fingerprint density at radius 2 is 2.35 bits per heavy atom. The number of aryl methyl sites for hydroxylation is 1. The maximum atomic E-state index is 4.45. The second-order valence-corrected chi connectivity index (χ2v) is 5.15. The molecule has 2 aromatic rings. The quantitative estimate of drug-likeness (QED) is 0.854. The molecule has 0 aliphatic carbocycles. The SMILES string of the molecule is Cc1csc(Nc2cccc3c2CCNC3)n1. The van der Waals surface area contributed by atoms with Gasteiger partial charge in [0.15, 0.2) is 5.13 Å². The van der Waals surface area contributed by atoms with Crippen LogP contribution in [0.2, 0.25) is 0 Å². The molecule has 0 bridgehead atoms. The highest BCUT2D eigenvalue weighted by Gasteiger charge is 2.12. The summed E-state index contributed by atoms with van der Waals surface area (Å²) in [6.45, 7) is 4.05. The topological polar surface area (TPSA) is 37.0 Å². The average molecular weight is 245 g/mol. The molecular formula is C13H15N3S. The van der Waals surface area contributed by atoms with Gasteiger partial charge < -0.3 is 10.6 Å². The highest BCUT2D eigenvalue weighted by molar-refractivity contribution is 7.13. The fourth-order valence-electron chi connectivity index (χ4n) is 2.18. The Labute approximate surface area is 105 Å². The first-order valence-corrected chi connectivity index (χ1v) is 6.71. The number of hydrogen-bond donors (Lipinski definition) is 2. The number of benzene rings is 1. The highest BCUT2D eigenvalue weighted by Crippen LogP contribution is 2.27. The molecule has 3 rings (SSSR count). The Kier molecular flexibility index (Phi) is 2.82. The van der Waals surface area contributed by atoms with Crippen molar-refractivity contribution in [2.45, 2.75) is 19.9 Å². The number of thiazole rings is 1. The minimum absolute atomic E-state index is 0.974. The summed E-state index contributed by atoms with van der Waals surface area (Å²) in [5.41, 5.74) is 5.11. The summed E-state index contributed by atoms with van der Waals surface area (Å²) in [5, 5.41) is 9.88. The van der Waals surface area contributed by atoms with E-state index in [1.165, 1.54) is 16.8 Å². The Morgan fingerprint density at radius 3 is 3.18 bits per heavy atom. The average Bonchev–Trinajstić information content (AvgIpc) is 2.75. The van der Waals surface area contributed by atoms with Crippen molar-refractivity contribution in [3.8, 4) is 0 Å².